The number of carbonyl (C=O) groups excluding carboxylic acids is 1. The van der Waals surface area contributed by atoms with Crippen LogP contribution in [0.1, 0.15) is 53.4 Å². The second-order valence-electron chi connectivity index (χ2n) is 6.95. The van der Waals surface area contributed by atoms with Gasteiger partial charge in [-0.25, -0.2) is 4.79 Å². The van der Waals surface area contributed by atoms with E-state index in [1.165, 1.54) is 0 Å². The van der Waals surface area contributed by atoms with Gasteiger partial charge >= 0.3 is 12.0 Å². The molecule has 1 fully saturated rings. The molecular weight excluding hydrogens is 244 g/mol. The quantitative estimate of drug-likeness (QED) is 0.733. The van der Waals surface area contributed by atoms with Gasteiger partial charge in [-0.05, 0) is 44.9 Å². The molecule has 0 unspecified atom stereocenters. The summed E-state index contributed by atoms with van der Waals surface area (Å²) in [5, 5.41) is 14.5. The molecule has 5 heteroatoms. The van der Waals surface area contributed by atoms with Crippen LogP contribution in [0.3, 0.4) is 0 Å². The van der Waals surface area contributed by atoms with Crippen molar-refractivity contribution in [3.8, 4) is 0 Å². The van der Waals surface area contributed by atoms with Crippen LogP contribution in [0.5, 0.6) is 0 Å². The Hall–Kier alpha value is -1.26. The summed E-state index contributed by atoms with van der Waals surface area (Å²) < 4.78 is 0. The third kappa shape index (κ3) is 5.09. The van der Waals surface area contributed by atoms with Crippen molar-refractivity contribution < 1.29 is 14.7 Å². The molecule has 1 saturated carbocycles. The molecule has 0 saturated heterocycles. The van der Waals surface area contributed by atoms with Crippen molar-refractivity contribution in [1.82, 2.24) is 10.6 Å². The van der Waals surface area contributed by atoms with E-state index in [-0.39, 0.29) is 18.6 Å². The topological polar surface area (TPSA) is 78.4 Å². The fourth-order valence-electron chi connectivity index (χ4n) is 2.16. The number of aliphatic carboxylic acids is 1. The van der Waals surface area contributed by atoms with Gasteiger partial charge < -0.3 is 15.7 Å². The van der Waals surface area contributed by atoms with Crippen LogP contribution in [0, 0.1) is 10.8 Å². The van der Waals surface area contributed by atoms with Crippen molar-refractivity contribution in [3.05, 3.63) is 0 Å². The summed E-state index contributed by atoms with van der Waals surface area (Å²) in [6.07, 6.45) is 4.20. The highest BCUT2D eigenvalue weighted by Gasteiger charge is 2.29. The van der Waals surface area contributed by atoms with E-state index in [1.54, 1.807) is 13.8 Å². The number of carboxylic acids is 1. The molecule has 5 nitrogen and oxygen atoms in total. The van der Waals surface area contributed by atoms with Crippen LogP contribution in [-0.2, 0) is 4.79 Å². The standard InChI is InChI=1S/C14H26N2O3/c1-13(2)7-5-10(6-8-13)16-12(19)15-9-14(3,4)11(17)18/h10H,5-9H2,1-4H3,(H,17,18)(H2,15,16,19). The summed E-state index contributed by atoms with van der Waals surface area (Å²) in [5.74, 6) is -0.910. The number of rotatable bonds is 4. The Balaban J connectivity index is 2.31. The van der Waals surface area contributed by atoms with E-state index in [9.17, 15) is 9.59 Å². The zero-order valence-electron chi connectivity index (χ0n) is 12.4. The molecule has 110 valence electrons. The fraction of sp³-hybridized carbons (Fsp3) is 0.857. The number of nitrogens with one attached hydrogen (secondary N) is 2. The van der Waals surface area contributed by atoms with Crippen LogP contribution in [0.25, 0.3) is 0 Å². The highest BCUT2D eigenvalue weighted by atomic mass is 16.4. The van der Waals surface area contributed by atoms with E-state index in [2.05, 4.69) is 24.5 Å². The first-order valence-electron chi connectivity index (χ1n) is 6.90. The van der Waals surface area contributed by atoms with Crippen LogP contribution < -0.4 is 10.6 Å². The van der Waals surface area contributed by atoms with E-state index in [0.29, 0.717) is 5.41 Å². The summed E-state index contributed by atoms with van der Waals surface area (Å²) >= 11 is 0. The minimum Gasteiger partial charge on any atom is -0.481 e. The Morgan fingerprint density at radius 3 is 2.26 bits per heavy atom. The van der Waals surface area contributed by atoms with Crippen molar-refractivity contribution in [2.24, 2.45) is 10.8 Å². The zero-order valence-corrected chi connectivity index (χ0v) is 12.4. The van der Waals surface area contributed by atoms with Gasteiger partial charge in [-0.3, -0.25) is 4.79 Å². The number of amides is 2. The number of urea groups is 1. The molecule has 0 aromatic heterocycles. The molecule has 1 aliphatic rings. The third-order valence-corrected chi connectivity index (χ3v) is 3.94. The number of hydrogen-bond donors (Lipinski definition) is 3. The second kappa shape index (κ2) is 5.80. The average Bonchev–Trinajstić information content (AvgIpc) is 2.29. The summed E-state index contributed by atoms with van der Waals surface area (Å²) in [5.41, 5.74) is -0.564. The van der Waals surface area contributed by atoms with Gasteiger partial charge in [0.15, 0.2) is 0 Å². The molecule has 1 rings (SSSR count). The van der Waals surface area contributed by atoms with Crippen LogP contribution >= 0.6 is 0 Å². The van der Waals surface area contributed by atoms with Crippen molar-refractivity contribution >= 4 is 12.0 Å². The minimum atomic E-state index is -0.939. The third-order valence-electron chi connectivity index (χ3n) is 3.94. The van der Waals surface area contributed by atoms with E-state index in [4.69, 9.17) is 5.11 Å². The lowest BCUT2D eigenvalue weighted by Gasteiger charge is -2.34. The minimum absolute atomic E-state index is 0.131. The van der Waals surface area contributed by atoms with Crippen LogP contribution in [-0.4, -0.2) is 29.7 Å². The maximum atomic E-state index is 11.7. The average molecular weight is 270 g/mol. The molecule has 0 spiro atoms. The van der Waals surface area contributed by atoms with Gasteiger partial charge in [-0.1, -0.05) is 13.8 Å². The molecule has 0 radical (unpaired) electrons. The molecule has 19 heavy (non-hydrogen) atoms. The van der Waals surface area contributed by atoms with Gasteiger partial charge in [-0.15, -0.1) is 0 Å². The zero-order chi connectivity index (χ0) is 14.7. The Morgan fingerprint density at radius 1 is 1.26 bits per heavy atom. The predicted octanol–water partition coefficient (Wildman–Crippen LogP) is 2.37. The Labute approximate surface area is 115 Å². The molecule has 2 amide bonds. The highest BCUT2D eigenvalue weighted by Crippen LogP contribution is 2.34. The van der Waals surface area contributed by atoms with Crippen LogP contribution in [0.15, 0.2) is 0 Å². The van der Waals surface area contributed by atoms with Crippen LogP contribution in [0.2, 0.25) is 0 Å². The SMILES string of the molecule is CC1(C)CCC(NC(=O)NCC(C)(C)C(=O)O)CC1. The monoisotopic (exact) mass is 270 g/mol. The molecule has 0 aromatic rings. The van der Waals surface area contributed by atoms with Gasteiger partial charge in [0.05, 0.1) is 5.41 Å². The lowest BCUT2D eigenvalue weighted by Crippen LogP contribution is -2.48. The molecule has 0 heterocycles. The summed E-state index contributed by atoms with van der Waals surface area (Å²) in [4.78, 5) is 22.7. The first-order chi connectivity index (χ1) is 8.62. The van der Waals surface area contributed by atoms with E-state index in [1.807, 2.05) is 0 Å². The molecule has 0 aromatic carbocycles. The first-order valence-corrected chi connectivity index (χ1v) is 6.90. The van der Waals surface area contributed by atoms with Crippen molar-refractivity contribution in [2.45, 2.75) is 59.4 Å². The molecule has 0 aliphatic heterocycles. The van der Waals surface area contributed by atoms with E-state index < -0.39 is 11.4 Å². The number of carboxylic acid groups (broad SMARTS) is 1. The normalized spacial score (nSPS) is 19.8. The summed E-state index contributed by atoms with van der Waals surface area (Å²) in [6.45, 7) is 7.82. The largest absolute Gasteiger partial charge is 0.481 e. The lowest BCUT2D eigenvalue weighted by atomic mass is 9.76. The van der Waals surface area contributed by atoms with E-state index >= 15 is 0 Å². The van der Waals surface area contributed by atoms with E-state index in [0.717, 1.165) is 25.7 Å². The molecule has 0 bridgehead atoms. The predicted molar refractivity (Wildman–Crippen MR) is 74.0 cm³/mol. The van der Waals surface area contributed by atoms with Crippen molar-refractivity contribution in [1.29, 1.82) is 0 Å². The van der Waals surface area contributed by atoms with Gasteiger partial charge in [0.1, 0.15) is 0 Å². The Kier molecular flexibility index (Phi) is 4.82. The number of carbonyl (C=O) groups is 2. The number of hydrogen-bond acceptors (Lipinski definition) is 2. The smallest absolute Gasteiger partial charge is 0.315 e. The second-order valence-corrected chi connectivity index (χ2v) is 6.95. The Morgan fingerprint density at radius 2 is 1.79 bits per heavy atom. The van der Waals surface area contributed by atoms with Gasteiger partial charge in [0, 0.05) is 12.6 Å². The highest BCUT2D eigenvalue weighted by molar-refractivity contribution is 5.77. The van der Waals surface area contributed by atoms with Crippen molar-refractivity contribution in [2.75, 3.05) is 6.54 Å². The molecule has 1 aliphatic carbocycles. The fourth-order valence-corrected chi connectivity index (χ4v) is 2.16. The molecule has 0 atom stereocenters. The molecular formula is C14H26N2O3. The Bertz CT molecular complexity index is 341. The lowest BCUT2D eigenvalue weighted by molar-refractivity contribution is -0.146. The van der Waals surface area contributed by atoms with Gasteiger partial charge in [0.2, 0.25) is 0 Å². The van der Waals surface area contributed by atoms with Gasteiger partial charge in [0.25, 0.3) is 0 Å². The summed E-state index contributed by atoms with van der Waals surface area (Å²) in [7, 11) is 0. The summed E-state index contributed by atoms with van der Waals surface area (Å²) in [6, 6.07) is -0.0556. The molecule has 3 N–H and O–H groups in total. The first kappa shape index (κ1) is 15.8. The van der Waals surface area contributed by atoms with Crippen molar-refractivity contribution in [3.63, 3.8) is 0 Å². The maximum Gasteiger partial charge on any atom is 0.315 e. The van der Waals surface area contributed by atoms with Gasteiger partial charge in [-0.2, -0.15) is 0 Å². The van der Waals surface area contributed by atoms with Crippen LogP contribution in [0.4, 0.5) is 4.79 Å². The maximum absolute atomic E-state index is 11.7.